The van der Waals surface area contributed by atoms with Crippen molar-refractivity contribution in [2.45, 2.75) is 19.5 Å². The highest BCUT2D eigenvalue weighted by Gasteiger charge is 2.25. The number of benzene rings is 2. The summed E-state index contributed by atoms with van der Waals surface area (Å²) in [5.41, 5.74) is 3.45. The van der Waals surface area contributed by atoms with Crippen LogP contribution in [0, 0.1) is 0 Å². The summed E-state index contributed by atoms with van der Waals surface area (Å²) in [6, 6.07) is 15.1. The molecular weight excluding hydrogens is 416 g/mol. The van der Waals surface area contributed by atoms with Crippen LogP contribution in [0.15, 0.2) is 54.9 Å². The minimum atomic E-state index is -0.356. The maximum absolute atomic E-state index is 11.7. The Balaban J connectivity index is 1.57. The summed E-state index contributed by atoms with van der Waals surface area (Å²) in [5, 5.41) is 4.17. The Morgan fingerprint density at radius 1 is 1.26 bits per heavy atom. The molecule has 2 heterocycles. The molecule has 0 saturated carbocycles. The number of fused-ring (bicyclic) bond motifs is 1. The Labute approximate surface area is 186 Å². The van der Waals surface area contributed by atoms with Gasteiger partial charge in [0.1, 0.15) is 18.6 Å². The molecule has 1 atom stereocenters. The largest absolute Gasteiger partial charge is 0.474 e. The number of esters is 1. The monoisotopic (exact) mass is 438 g/mol. The minimum absolute atomic E-state index is 0.0550. The molecule has 160 valence electrons. The van der Waals surface area contributed by atoms with Crippen LogP contribution >= 0.6 is 11.6 Å². The third kappa shape index (κ3) is 4.72. The Hall–Kier alpha value is -3.32. The van der Waals surface area contributed by atoms with E-state index in [4.69, 9.17) is 21.1 Å². The van der Waals surface area contributed by atoms with E-state index < -0.39 is 0 Å². The molecule has 0 aliphatic carbocycles. The van der Waals surface area contributed by atoms with Crippen LogP contribution < -0.4 is 15.0 Å². The molecule has 1 unspecified atom stereocenters. The molecule has 4 rings (SSSR count). The van der Waals surface area contributed by atoms with Crippen molar-refractivity contribution in [2.24, 2.45) is 0 Å². The minimum Gasteiger partial charge on any atom is -0.474 e. The van der Waals surface area contributed by atoms with Gasteiger partial charge in [-0.1, -0.05) is 35.9 Å². The molecule has 0 bridgehead atoms. The number of hydrogen-bond acceptors (Lipinski definition) is 7. The number of methoxy groups -OCH3 is 1. The van der Waals surface area contributed by atoms with Crippen LogP contribution in [0.2, 0.25) is 5.02 Å². The van der Waals surface area contributed by atoms with E-state index in [1.165, 1.54) is 13.4 Å². The molecule has 7 nitrogen and oxygen atoms in total. The lowest BCUT2D eigenvalue weighted by molar-refractivity contribution is 0.0600. The van der Waals surface area contributed by atoms with E-state index in [0.717, 1.165) is 16.8 Å². The SMILES string of the molecule is COC(=O)c1ccc(C(C)Nc2ncnc3c2N(Cc2cccc(Cl)c2)CCO3)cc1. The molecule has 1 N–H and O–H groups in total. The standard InChI is InChI=1S/C23H23ClN4O3/c1-15(17-6-8-18(9-7-17)23(29)30-2)27-21-20-22(26-14-25-21)31-11-10-28(20)13-16-4-3-5-19(24)12-16/h3-9,12,14-15H,10-11,13H2,1-2H3,(H,25,26,27). The van der Waals surface area contributed by atoms with Gasteiger partial charge in [0.15, 0.2) is 5.82 Å². The first-order valence-electron chi connectivity index (χ1n) is 9.97. The Kier molecular flexibility index (Phi) is 6.23. The third-order valence-electron chi connectivity index (χ3n) is 5.15. The van der Waals surface area contributed by atoms with Gasteiger partial charge in [-0.3, -0.25) is 0 Å². The lowest BCUT2D eigenvalue weighted by atomic mass is 10.1. The second-order valence-electron chi connectivity index (χ2n) is 7.26. The number of nitrogens with one attached hydrogen (secondary N) is 1. The van der Waals surface area contributed by atoms with Crippen molar-refractivity contribution < 1.29 is 14.3 Å². The highest BCUT2D eigenvalue weighted by molar-refractivity contribution is 6.30. The summed E-state index contributed by atoms with van der Waals surface area (Å²) in [6.07, 6.45) is 1.50. The van der Waals surface area contributed by atoms with Crippen molar-refractivity contribution >= 4 is 29.1 Å². The van der Waals surface area contributed by atoms with Gasteiger partial charge >= 0.3 is 5.97 Å². The van der Waals surface area contributed by atoms with E-state index in [1.807, 2.05) is 43.3 Å². The summed E-state index contributed by atoms with van der Waals surface area (Å²) < 4.78 is 10.6. The lowest BCUT2D eigenvalue weighted by Crippen LogP contribution is -2.33. The number of halogens is 1. The fraction of sp³-hybridized carbons (Fsp3) is 0.261. The zero-order valence-corrected chi connectivity index (χ0v) is 18.1. The van der Waals surface area contributed by atoms with Gasteiger partial charge < -0.3 is 19.7 Å². The van der Waals surface area contributed by atoms with Gasteiger partial charge in [-0.15, -0.1) is 0 Å². The molecule has 8 heteroatoms. The summed E-state index contributed by atoms with van der Waals surface area (Å²) in [6.45, 7) is 3.96. The van der Waals surface area contributed by atoms with E-state index in [-0.39, 0.29) is 12.0 Å². The molecule has 0 radical (unpaired) electrons. The second-order valence-corrected chi connectivity index (χ2v) is 7.69. The van der Waals surface area contributed by atoms with E-state index in [1.54, 1.807) is 12.1 Å². The van der Waals surface area contributed by atoms with Gasteiger partial charge in [-0.2, -0.15) is 4.98 Å². The van der Waals surface area contributed by atoms with Crippen molar-refractivity contribution in [2.75, 3.05) is 30.5 Å². The van der Waals surface area contributed by atoms with Crippen LogP contribution in [-0.4, -0.2) is 36.2 Å². The predicted molar refractivity (Wildman–Crippen MR) is 120 cm³/mol. The van der Waals surface area contributed by atoms with Crippen LogP contribution in [0.5, 0.6) is 5.88 Å². The molecule has 2 aromatic carbocycles. The van der Waals surface area contributed by atoms with E-state index in [2.05, 4.69) is 20.2 Å². The average molecular weight is 439 g/mol. The fourth-order valence-corrected chi connectivity index (χ4v) is 3.76. The van der Waals surface area contributed by atoms with Crippen LogP contribution in [0.3, 0.4) is 0 Å². The molecule has 0 amide bonds. The van der Waals surface area contributed by atoms with Crippen LogP contribution in [0.1, 0.15) is 34.5 Å². The Morgan fingerprint density at radius 3 is 2.81 bits per heavy atom. The number of nitrogens with zero attached hydrogens (tertiary/aromatic N) is 3. The normalized spacial score (nSPS) is 13.7. The highest BCUT2D eigenvalue weighted by atomic mass is 35.5. The van der Waals surface area contributed by atoms with Crippen LogP contribution in [-0.2, 0) is 11.3 Å². The zero-order valence-electron chi connectivity index (χ0n) is 17.3. The average Bonchev–Trinajstić information content (AvgIpc) is 2.79. The first kappa shape index (κ1) is 20.9. The van der Waals surface area contributed by atoms with Crippen molar-refractivity contribution in [3.63, 3.8) is 0 Å². The Bertz CT molecular complexity index is 1070. The molecule has 0 fully saturated rings. The second kappa shape index (κ2) is 9.22. The lowest BCUT2D eigenvalue weighted by Gasteiger charge is -2.32. The van der Waals surface area contributed by atoms with Gasteiger partial charge in [0.25, 0.3) is 0 Å². The summed E-state index contributed by atoms with van der Waals surface area (Å²) in [4.78, 5) is 22.7. The molecule has 1 aliphatic heterocycles. The first-order valence-corrected chi connectivity index (χ1v) is 10.3. The molecule has 3 aromatic rings. The number of carbonyl (C=O) groups is 1. The Morgan fingerprint density at radius 2 is 2.06 bits per heavy atom. The zero-order chi connectivity index (χ0) is 21.8. The predicted octanol–water partition coefficient (Wildman–Crippen LogP) is 4.49. The van der Waals surface area contributed by atoms with E-state index >= 15 is 0 Å². The third-order valence-corrected chi connectivity index (χ3v) is 5.39. The van der Waals surface area contributed by atoms with Gasteiger partial charge in [-0.25, -0.2) is 9.78 Å². The van der Waals surface area contributed by atoms with Crippen molar-refractivity contribution in [1.82, 2.24) is 9.97 Å². The maximum atomic E-state index is 11.7. The van der Waals surface area contributed by atoms with Gasteiger partial charge in [0.05, 0.1) is 25.3 Å². The van der Waals surface area contributed by atoms with Crippen molar-refractivity contribution in [1.29, 1.82) is 0 Å². The van der Waals surface area contributed by atoms with Crippen molar-refractivity contribution in [3.05, 3.63) is 76.6 Å². The van der Waals surface area contributed by atoms with Gasteiger partial charge in [0.2, 0.25) is 5.88 Å². The fourth-order valence-electron chi connectivity index (χ4n) is 3.55. The number of aromatic nitrogens is 2. The first-order chi connectivity index (χ1) is 15.0. The van der Waals surface area contributed by atoms with Crippen LogP contribution in [0.25, 0.3) is 0 Å². The summed E-state index contributed by atoms with van der Waals surface area (Å²) >= 11 is 6.16. The molecule has 31 heavy (non-hydrogen) atoms. The number of rotatable bonds is 6. The number of ether oxygens (including phenoxy) is 2. The number of carbonyl (C=O) groups excluding carboxylic acids is 1. The van der Waals surface area contributed by atoms with Gasteiger partial charge in [0, 0.05) is 11.6 Å². The quantitative estimate of drug-likeness (QED) is 0.568. The molecule has 0 saturated heterocycles. The topological polar surface area (TPSA) is 76.6 Å². The highest BCUT2D eigenvalue weighted by Crippen LogP contribution is 2.37. The molecule has 0 spiro atoms. The number of anilines is 2. The van der Waals surface area contributed by atoms with Crippen molar-refractivity contribution in [3.8, 4) is 5.88 Å². The van der Waals surface area contributed by atoms with E-state index in [9.17, 15) is 4.79 Å². The maximum Gasteiger partial charge on any atom is 0.337 e. The summed E-state index contributed by atoms with van der Waals surface area (Å²) in [7, 11) is 1.37. The molecular formula is C23H23ClN4O3. The van der Waals surface area contributed by atoms with Gasteiger partial charge in [-0.05, 0) is 42.3 Å². The van der Waals surface area contributed by atoms with Crippen LogP contribution in [0.4, 0.5) is 11.5 Å². The number of hydrogen-bond donors (Lipinski definition) is 1. The molecule has 1 aliphatic rings. The summed E-state index contributed by atoms with van der Waals surface area (Å²) in [5.74, 6) is 0.890. The smallest absolute Gasteiger partial charge is 0.337 e. The van der Waals surface area contributed by atoms with E-state index in [0.29, 0.717) is 42.0 Å². The molecule has 1 aromatic heterocycles.